The number of methoxy groups -OCH3 is 1. The second kappa shape index (κ2) is 8.12. The third-order valence-electron chi connectivity index (χ3n) is 2.94. The molecule has 0 aliphatic rings. The molecule has 0 aromatic carbocycles. The average Bonchev–Trinajstić information content (AvgIpc) is 2.14. The van der Waals surface area contributed by atoms with Gasteiger partial charge in [0.25, 0.3) is 0 Å². The second-order valence-corrected chi connectivity index (χ2v) is 5.40. The highest BCUT2D eigenvalue weighted by molar-refractivity contribution is 4.75. The SMILES string of the molecule is CCCNCC(CCCOC)C(C)(C)C. The first-order chi connectivity index (χ1) is 7.02. The first kappa shape index (κ1) is 14.9. The fourth-order valence-electron chi connectivity index (χ4n) is 1.77. The van der Waals surface area contributed by atoms with E-state index in [-0.39, 0.29) is 0 Å². The molecule has 92 valence electrons. The molecular formula is C13H29NO. The van der Waals surface area contributed by atoms with Crippen LogP contribution in [-0.2, 0) is 4.74 Å². The quantitative estimate of drug-likeness (QED) is 0.628. The Bertz CT molecular complexity index is 130. The zero-order valence-electron chi connectivity index (χ0n) is 11.2. The number of hydrogen-bond acceptors (Lipinski definition) is 2. The van der Waals surface area contributed by atoms with Gasteiger partial charge in [0.2, 0.25) is 0 Å². The molecule has 0 fully saturated rings. The van der Waals surface area contributed by atoms with Crippen molar-refractivity contribution in [2.24, 2.45) is 11.3 Å². The van der Waals surface area contributed by atoms with Crippen LogP contribution in [0.1, 0.15) is 47.0 Å². The van der Waals surface area contributed by atoms with Gasteiger partial charge in [0, 0.05) is 13.7 Å². The fourth-order valence-corrected chi connectivity index (χ4v) is 1.77. The molecule has 1 N–H and O–H groups in total. The molecule has 1 unspecified atom stereocenters. The van der Waals surface area contributed by atoms with Crippen LogP contribution < -0.4 is 5.32 Å². The molecule has 1 atom stereocenters. The molecule has 15 heavy (non-hydrogen) atoms. The number of nitrogens with one attached hydrogen (secondary N) is 1. The molecule has 0 aromatic rings. The maximum Gasteiger partial charge on any atom is 0.0462 e. The van der Waals surface area contributed by atoms with E-state index in [1.54, 1.807) is 7.11 Å². The molecule has 0 heterocycles. The van der Waals surface area contributed by atoms with Crippen molar-refractivity contribution in [3.05, 3.63) is 0 Å². The molecule has 2 nitrogen and oxygen atoms in total. The zero-order valence-corrected chi connectivity index (χ0v) is 11.2. The van der Waals surface area contributed by atoms with Crippen LogP contribution in [0.4, 0.5) is 0 Å². The minimum atomic E-state index is 0.397. The Hall–Kier alpha value is -0.0800. The molecule has 0 rings (SSSR count). The lowest BCUT2D eigenvalue weighted by Gasteiger charge is -2.31. The van der Waals surface area contributed by atoms with Gasteiger partial charge in [0.1, 0.15) is 0 Å². The highest BCUT2D eigenvalue weighted by Crippen LogP contribution is 2.29. The summed E-state index contributed by atoms with van der Waals surface area (Å²) in [5, 5.41) is 3.53. The van der Waals surface area contributed by atoms with Gasteiger partial charge in [-0.1, -0.05) is 27.7 Å². The molecule has 0 aromatic heterocycles. The summed E-state index contributed by atoms with van der Waals surface area (Å²) in [6.45, 7) is 12.4. The van der Waals surface area contributed by atoms with Gasteiger partial charge in [0.15, 0.2) is 0 Å². The highest BCUT2D eigenvalue weighted by Gasteiger charge is 2.23. The first-order valence-corrected chi connectivity index (χ1v) is 6.22. The van der Waals surface area contributed by atoms with Gasteiger partial charge in [-0.2, -0.15) is 0 Å². The van der Waals surface area contributed by atoms with E-state index < -0.39 is 0 Å². The average molecular weight is 215 g/mol. The lowest BCUT2D eigenvalue weighted by Crippen LogP contribution is -2.32. The topological polar surface area (TPSA) is 21.3 Å². The van der Waals surface area contributed by atoms with E-state index in [2.05, 4.69) is 33.0 Å². The normalized spacial score (nSPS) is 14.2. The van der Waals surface area contributed by atoms with E-state index in [0.29, 0.717) is 5.41 Å². The van der Waals surface area contributed by atoms with Gasteiger partial charge in [-0.05, 0) is 43.7 Å². The van der Waals surface area contributed by atoms with Gasteiger partial charge >= 0.3 is 0 Å². The summed E-state index contributed by atoms with van der Waals surface area (Å²) < 4.78 is 5.11. The van der Waals surface area contributed by atoms with Crippen molar-refractivity contribution in [1.82, 2.24) is 5.32 Å². The van der Waals surface area contributed by atoms with Crippen molar-refractivity contribution in [3.8, 4) is 0 Å². The predicted octanol–water partition coefficient (Wildman–Crippen LogP) is 3.07. The molecule has 0 radical (unpaired) electrons. The smallest absolute Gasteiger partial charge is 0.0462 e. The van der Waals surface area contributed by atoms with E-state index >= 15 is 0 Å². The van der Waals surface area contributed by atoms with Gasteiger partial charge in [0.05, 0.1) is 0 Å². The third-order valence-corrected chi connectivity index (χ3v) is 2.94. The van der Waals surface area contributed by atoms with Crippen LogP contribution in [-0.4, -0.2) is 26.8 Å². The van der Waals surface area contributed by atoms with E-state index in [1.165, 1.54) is 19.3 Å². The summed E-state index contributed by atoms with van der Waals surface area (Å²) in [4.78, 5) is 0. The molecule has 0 saturated carbocycles. The highest BCUT2D eigenvalue weighted by atomic mass is 16.5. The van der Waals surface area contributed by atoms with E-state index in [4.69, 9.17) is 4.74 Å². The van der Waals surface area contributed by atoms with Crippen molar-refractivity contribution < 1.29 is 4.74 Å². The van der Waals surface area contributed by atoms with Gasteiger partial charge < -0.3 is 10.1 Å². The maximum absolute atomic E-state index is 5.11. The monoisotopic (exact) mass is 215 g/mol. The molecule has 0 amide bonds. The largest absolute Gasteiger partial charge is 0.385 e. The van der Waals surface area contributed by atoms with Crippen LogP contribution in [0.15, 0.2) is 0 Å². The van der Waals surface area contributed by atoms with Crippen molar-refractivity contribution in [2.75, 3.05) is 26.8 Å². The Balaban J connectivity index is 3.85. The van der Waals surface area contributed by atoms with Gasteiger partial charge in [-0.3, -0.25) is 0 Å². The fraction of sp³-hybridized carbons (Fsp3) is 1.00. The van der Waals surface area contributed by atoms with Gasteiger partial charge in [-0.25, -0.2) is 0 Å². The van der Waals surface area contributed by atoms with E-state index in [0.717, 1.165) is 25.6 Å². The minimum absolute atomic E-state index is 0.397. The summed E-state index contributed by atoms with van der Waals surface area (Å²) in [6.07, 6.45) is 3.65. The van der Waals surface area contributed by atoms with E-state index in [9.17, 15) is 0 Å². The van der Waals surface area contributed by atoms with Crippen molar-refractivity contribution in [2.45, 2.75) is 47.0 Å². The van der Waals surface area contributed by atoms with Crippen LogP contribution in [0.2, 0.25) is 0 Å². The molecular weight excluding hydrogens is 186 g/mol. The zero-order chi connectivity index (χ0) is 11.7. The predicted molar refractivity (Wildman–Crippen MR) is 67.2 cm³/mol. The summed E-state index contributed by atoms with van der Waals surface area (Å²) in [6, 6.07) is 0. The van der Waals surface area contributed by atoms with Gasteiger partial charge in [-0.15, -0.1) is 0 Å². The summed E-state index contributed by atoms with van der Waals surface area (Å²) in [7, 11) is 1.78. The summed E-state index contributed by atoms with van der Waals surface area (Å²) in [5.74, 6) is 0.749. The first-order valence-electron chi connectivity index (χ1n) is 6.22. The third kappa shape index (κ3) is 7.80. The lowest BCUT2D eigenvalue weighted by atomic mass is 9.78. The van der Waals surface area contributed by atoms with E-state index in [1.807, 2.05) is 0 Å². The number of hydrogen-bond donors (Lipinski definition) is 1. The molecule has 0 aliphatic heterocycles. The van der Waals surface area contributed by atoms with Crippen LogP contribution in [0.25, 0.3) is 0 Å². The molecule has 0 aliphatic carbocycles. The van der Waals surface area contributed by atoms with Crippen LogP contribution in [0.3, 0.4) is 0 Å². The van der Waals surface area contributed by atoms with Crippen molar-refractivity contribution in [1.29, 1.82) is 0 Å². The lowest BCUT2D eigenvalue weighted by molar-refractivity contribution is 0.161. The molecule has 0 saturated heterocycles. The van der Waals surface area contributed by atoms with Crippen molar-refractivity contribution >= 4 is 0 Å². The molecule has 2 heteroatoms. The minimum Gasteiger partial charge on any atom is -0.385 e. The second-order valence-electron chi connectivity index (χ2n) is 5.40. The Labute approximate surface area is 95.8 Å². The molecule has 0 spiro atoms. The number of ether oxygens (including phenoxy) is 1. The summed E-state index contributed by atoms with van der Waals surface area (Å²) >= 11 is 0. The summed E-state index contributed by atoms with van der Waals surface area (Å²) in [5.41, 5.74) is 0.397. The number of rotatable bonds is 8. The van der Waals surface area contributed by atoms with Crippen LogP contribution in [0, 0.1) is 11.3 Å². The molecule has 0 bridgehead atoms. The van der Waals surface area contributed by atoms with Crippen LogP contribution in [0.5, 0.6) is 0 Å². The van der Waals surface area contributed by atoms with Crippen molar-refractivity contribution in [3.63, 3.8) is 0 Å². The Kier molecular flexibility index (Phi) is 8.07. The Morgan fingerprint density at radius 3 is 2.40 bits per heavy atom. The maximum atomic E-state index is 5.11. The Morgan fingerprint density at radius 1 is 1.27 bits per heavy atom. The van der Waals surface area contributed by atoms with Crippen LogP contribution >= 0.6 is 0 Å². The Morgan fingerprint density at radius 2 is 1.93 bits per heavy atom. The standard InChI is InChI=1S/C13H29NO/c1-6-9-14-11-12(13(2,3)4)8-7-10-15-5/h12,14H,6-11H2,1-5H3.